The van der Waals surface area contributed by atoms with E-state index in [0.29, 0.717) is 0 Å². The van der Waals surface area contributed by atoms with E-state index in [-0.39, 0.29) is 12.0 Å². The topological polar surface area (TPSA) is 63.3 Å². The van der Waals surface area contributed by atoms with Gasteiger partial charge in [-0.25, -0.2) is 4.39 Å². The Balaban J connectivity index is 2.50. The lowest BCUT2D eigenvalue weighted by Crippen LogP contribution is -2.16. The van der Waals surface area contributed by atoms with E-state index in [1.807, 2.05) is 32.0 Å². The fourth-order valence-corrected chi connectivity index (χ4v) is 2.55. The van der Waals surface area contributed by atoms with Crippen molar-refractivity contribution in [2.45, 2.75) is 26.3 Å². The van der Waals surface area contributed by atoms with Crippen LogP contribution in [0, 0.1) is 19.7 Å². The van der Waals surface area contributed by atoms with E-state index in [1.165, 1.54) is 6.07 Å². The molecule has 3 nitrogen and oxygen atoms in total. The van der Waals surface area contributed by atoms with Crippen molar-refractivity contribution in [3.8, 4) is 11.1 Å². The Morgan fingerprint density at radius 2 is 1.86 bits per heavy atom. The van der Waals surface area contributed by atoms with Gasteiger partial charge in [0, 0.05) is 11.6 Å². The maximum atomic E-state index is 13.9. The summed E-state index contributed by atoms with van der Waals surface area (Å²) in [7, 11) is 0. The zero-order chi connectivity index (χ0) is 15.6. The van der Waals surface area contributed by atoms with Crippen molar-refractivity contribution < 1.29 is 14.3 Å². The lowest BCUT2D eigenvalue weighted by molar-refractivity contribution is -0.137. The molecule has 0 aromatic heterocycles. The molecule has 0 saturated carbocycles. The molecule has 0 bridgehead atoms. The molecule has 2 aromatic carbocycles. The molecule has 0 heterocycles. The van der Waals surface area contributed by atoms with Gasteiger partial charge in [-0.1, -0.05) is 24.3 Å². The van der Waals surface area contributed by atoms with Crippen molar-refractivity contribution in [2.24, 2.45) is 5.73 Å². The van der Waals surface area contributed by atoms with E-state index in [0.717, 1.165) is 22.3 Å². The smallest absolute Gasteiger partial charge is 0.305 e. The maximum Gasteiger partial charge on any atom is 0.305 e. The minimum Gasteiger partial charge on any atom is -0.481 e. The number of nitrogens with two attached hydrogens (primary N) is 1. The lowest BCUT2D eigenvalue weighted by Gasteiger charge is -2.15. The summed E-state index contributed by atoms with van der Waals surface area (Å²) < 4.78 is 13.9. The fourth-order valence-electron chi connectivity index (χ4n) is 2.55. The molecule has 21 heavy (non-hydrogen) atoms. The third-order valence-electron chi connectivity index (χ3n) is 3.56. The number of rotatable bonds is 4. The van der Waals surface area contributed by atoms with Crippen molar-refractivity contribution in [1.82, 2.24) is 0 Å². The zero-order valence-corrected chi connectivity index (χ0v) is 12.1. The van der Waals surface area contributed by atoms with Crippen LogP contribution in [-0.2, 0) is 4.79 Å². The summed E-state index contributed by atoms with van der Waals surface area (Å²) >= 11 is 0. The van der Waals surface area contributed by atoms with Crippen molar-refractivity contribution in [3.05, 3.63) is 58.9 Å². The molecule has 4 heteroatoms. The van der Waals surface area contributed by atoms with Gasteiger partial charge in [0.05, 0.1) is 6.42 Å². The Morgan fingerprint density at radius 1 is 1.24 bits per heavy atom. The minimum atomic E-state index is -1.04. The van der Waals surface area contributed by atoms with E-state index in [2.05, 4.69) is 0 Å². The number of carbonyl (C=O) groups is 1. The van der Waals surface area contributed by atoms with Crippen molar-refractivity contribution in [2.75, 3.05) is 0 Å². The van der Waals surface area contributed by atoms with E-state index in [1.54, 1.807) is 12.1 Å². The molecule has 0 spiro atoms. The molecular formula is C17H18FNO2. The highest BCUT2D eigenvalue weighted by Crippen LogP contribution is 2.30. The molecule has 0 fully saturated rings. The van der Waals surface area contributed by atoms with Crippen molar-refractivity contribution in [3.63, 3.8) is 0 Å². The normalized spacial score (nSPS) is 12.2. The molecule has 2 rings (SSSR count). The summed E-state index contributed by atoms with van der Waals surface area (Å²) in [6.07, 6.45) is -0.298. The van der Waals surface area contributed by atoms with Crippen LogP contribution in [-0.4, -0.2) is 11.1 Å². The first-order valence-corrected chi connectivity index (χ1v) is 6.73. The van der Waals surface area contributed by atoms with Crippen LogP contribution < -0.4 is 5.73 Å². The van der Waals surface area contributed by atoms with E-state index >= 15 is 0 Å². The summed E-state index contributed by atoms with van der Waals surface area (Å²) in [4.78, 5) is 10.8. The number of aryl methyl sites for hydroxylation is 2. The SMILES string of the molecule is Cc1cccc(C)c1-c1ccc(F)c(C(N)CC(=O)O)c1. The number of halogens is 1. The molecule has 0 aliphatic carbocycles. The summed E-state index contributed by atoms with van der Waals surface area (Å²) in [6, 6.07) is 9.78. The van der Waals surface area contributed by atoms with Crippen LogP contribution in [0.15, 0.2) is 36.4 Å². The van der Waals surface area contributed by atoms with Gasteiger partial charge in [0.25, 0.3) is 0 Å². The molecule has 1 atom stereocenters. The first-order valence-electron chi connectivity index (χ1n) is 6.73. The number of aliphatic carboxylic acids is 1. The lowest BCUT2D eigenvalue weighted by atomic mass is 9.92. The second kappa shape index (κ2) is 6.06. The molecule has 0 radical (unpaired) electrons. The van der Waals surface area contributed by atoms with Gasteiger partial charge in [-0.3, -0.25) is 4.79 Å². The average molecular weight is 287 g/mol. The molecule has 0 amide bonds. The largest absolute Gasteiger partial charge is 0.481 e. The molecule has 0 aliphatic heterocycles. The molecule has 1 unspecified atom stereocenters. The number of hydrogen-bond donors (Lipinski definition) is 2. The van der Waals surface area contributed by atoms with Gasteiger partial charge in [0.2, 0.25) is 0 Å². The Hall–Kier alpha value is -2.20. The van der Waals surface area contributed by atoms with Crippen LogP contribution in [0.2, 0.25) is 0 Å². The number of benzene rings is 2. The number of carboxylic acids is 1. The van der Waals surface area contributed by atoms with Gasteiger partial charge < -0.3 is 10.8 Å². The van der Waals surface area contributed by atoms with E-state index in [9.17, 15) is 9.18 Å². The van der Waals surface area contributed by atoms with Gasteiger partial charge >= 0.3 is 5.97 Å². The van der Waals surface area contributed by atoms with Crippen LogP contribution in [0.4, 0.5) is 4.39 Å². The molecule has 2 aromatic rings. The second-order valence-corrected chi connectivity index (χ2v) is 5.21. The molecule has 0 aliphatic rings. The van der Waals surface area contributed by atoms with Crippen LogP contribution in [0.25, 0.3) is 11.1 Å². The van der Waals surface area contributed by atoms with Crippen LogP contribution in [0.3, 0.4) is 0 Å². The predicted molar refractivity (Wildman–Crippen MR) is 80.5 cm³/mol. The zero-order valence-electron chi connectivity index (χ0n) is 12.1. The van der Waals surface area contributed by atoms with Gasteiger partial charge in [0.15, 0.2) is 0 Å². The first-order chi connectivity index (χ1) is 9.90. The highest BCUT2D eigenvalue weighted by atomic mass is 19.1. The number of hydrogen-bond acceptors (Lipinski definition) is 2. The Morgan fingerprint density at radius 3 is 2.43 bits per heavy atom. The maximum absolute atomic E-state index is 13.9. The third-order valence-corrected chi connectivity index (χ3v) is 3.56. The Kier molecular flexibility index (Phi) is 4.38. The van der Waals surface area contributed by atoms with Gasteiger partial charge in [-0.15, -0.1) is 0 Å². The average Bonchev–Trinajstić information content (AvgIpc) is 2.39. The van der Waals surface area contributed by atoms with Crippen LogP contribution in [0.5, 0.6) is 0 Å². The Labute approximate surface area is 123 Å². The van der Waals surface area contributed by atoms with E-state index in [4.69, 9.17) is 10.8 Å². The molecule has 0 saturated heterocycles. The second-order valence-electron chi connectivity index (χ2n) is 5.21. The summed E-state index contributed by atoms with van der Waals surface area (Å²) in [5.74, 6) is -1.52. The standard InChI is InChI=1S/C17H18FNO2/c1-10-4-3-5-11(2)17(10)12-6-7-14(18)13(8-12)15(19)9-16(20)21/h3-8,15H,9,19H2,1-2H3,(H,20,21). The van der Waals surface area contributed by atoms with Gasteiger partial charge in [0.1, 0.15) is 5.82 Å². The van der Waals surface area contributed by atoms with Gasteiger partial charge in [-0.05, 0) is 48.2 Å². The highest BCUT2D eigenvalue weighted by molar-refractivity contribution is 5.72. The van der Waals surface area contributed by atoms with E-state index < -0.39 is 17.8 Å². The number of carboxylic acid groups (broad SMARTS) is 1. The van der Waals surface area contributed by atoms with Crippen molar-refractivity contribution in [1.29, 1.82) is 0 Å². The highest BCUT2D eigenvalue weighted by Gasteiger charge is 2.16. The summed E-state index contributed by atoms with van der Waals surface area (Å²) in [6.45, 7) is 3.98. The molecular weight excluding hydrogens is 269 g/mol. The van der Waals surface area contributed by atoms with Gasteiger partial charge in [-0.2, -0.15) is 0 Å². The fraction of sp³-hybridized carbons (Fsp3) is 0.235. The van der Waals surface area contributed by atoms with Crippen LogP contribution in [0.1, 0.15) is 29.2 Å². The predicted octanol–water partition coefficient (Wildman–Crippen LogP) is 3.58. The quantitative estimate of drug-likeness (QED) is 0.903. The third kappa shape index (κ3) is 3.28. The van der Waals surface area contributed by atoms with Crippen molar-refractivity contribution >= 4 is 5.97 Å². The molecule has 110 valence electrons. The monoisotopic (exact) mass is 287 g/mol. The summed E-state index contributed by atoms with van der Waals surface area (Å²) in [5.41, 5.74) is 10.1. The minimum absolute atomic E-state index is 0.234. The van der Waals surface area contributed by atoms with Crippen LogP contribution >= 0.6 is 0 Å². The Bertz CT molecular complexity index is 662. The first kappa shape index (κ1) is 15.2. The summed E-state index contributed by atoms with van der Waals surface area (Å²) in [5, 5.41) is 8.81. The molecule has 3 N–H and O–H groups in total.